The molecule has 1 aromatic rings. The monoisotopic (exact) mass is 278 g/mol. The number of aliphatic hydroxyl groups is 1. The van der Waals surface area contributed by atoms with Gasteiger partial charge in [0.05, 0.1) is 12.6 Å². The average molecular weight is 278 g/mol. The molecule has 112 valence electrons. The van der Waals surface area contributed by atoms with Crippen LogP contribution in [0.4, 0.5) is 5.69 Å². The summed E-state index contributed by atoms with van der Waals surface area (Å²) in [6, 6.07) is 7.39. The van der Waals surface area contributed by atoms with Gasteiger partial charge in [0.2, 0.25) is 0 Å². The number of aliphatic hydroxyl groups excluding tert-OH is 1. The molecule has 2 N–H and O–H groups in total. The molecule has 0 aliphatic rings. The van der Waals surface area contributed by atoms with Crippen LogP contribution in [0.25, 0.3) is 0 Å². The van der Waals surface area contributed by atoms with E-state index in [9.17, 15) is 9.90 Å². The lowest BCUT2D eigenvalue weighted by molar-refractivity contribution is 0.0897. The van der Waals surface area contributed by atoms with Crippen LogP contribution in [0.15, 0.2) is 24.3 Å². The summed E-state index contributed by atoms with van der Waals surface area (Å²) in [4.78, 5) is 14.3. The van der Waals surface area contributed by atoms with E-state index in [1.165, 1.54) is 0 Å². The second-order valence-electron chi connectivity index (χ2n) is 5.23. The highest BCUT2D eigenvalue weighted by molar-refractivity contribution is 5.94. The Bertz CT molecular complexity index is 411. The van der Waals surface area contributed by atoms with Gasteiger partial charge >= 0.3 is 0 Å². The largest absolute Gasteiger partial charge is 0.394 e. The zero-order valence-corrected chi connectivity index (χ0v) is 12.9. The van der Waals surface area contributed by atoms with Gasteiger partial charge in [0.25, 0.3) is 5.91 Å². The molecule has 0 radical (unpaired) electrons. The smallest absolute Gasteiger partial charge is 0.251 e. The zero-order chi connectivity index (χ0) is 15.1. The first-order chi connectivity index (χ1) is 9.53. The number of hydrogen-bond acceptors (Lipinski definition) is 3. The molecule has 0 saturated heterocycles. The highest BCUT2D eigenvalue weighted by atomic mass is 16.3. The fraction of sp³-hybridized carbons (Fsp3) is 0.562. The van der Waals surface area contributed by atoms with Crippen molar-refractivity contribution < 1.29 is 9.90 Å². The summed E-state index contributed by atoms with van der Waals surface area (Å²) < 4.78 is 0. The van der Waals surface area contributed by atoms with Gasteiger partial charge in [0.1, 0.15) is 0 Å². The number of anilines is 1. The minimum absolute atomic E-state index is 0.0407. The predicted molar refractivity (Wildman–Crippen MR) is 83.2 cm³/mol. The molecule has 0 bridgehead atoms. The van der Waals surface area contributed by atoms with Gasteiger partial charge < -0.3 is 15.3 Å². The minimum Gasteiger partial charge on any atom is -0.394 e. The van der Waals surface area contributed by atoms with E-state index >= 15 is 0 Å². The Morgan fingerprint density at radius 2 is 1.75 bits per heavy atom. The normalized spacial score (nSPS) is 12.3. The van der Waals surface area contributed by atoms with Gasteiger partial charge in [-0.05, 0) is 44.0 Å². The minimum atomic E-state index is -0.204. The third kappa shape index (κ3) is 4.23. The van der Waals surface area contributed by atoms with E-state index in [1.54, 1.807) is 0 Å². The van der Waals surface area contributed by atoms with E-state index in [-0.39, 0.29) is 24.5 Å². The summed E-state index contributed by atoms with van der Waals surface area (Å²) in [5.41, 5.74) is 1.74. The van der Waals surface area contributed by atoms with Crippen LogP contribution in [0.3, 0.4) is 0 Å². The summed E-state index contributed by atoms with van der Waals surface area (Å²) in [7, 11) is 0. The summed E-state index contributed by atoms with van der Waals surface area (Å²) in [6.45, 7) is 10.0. The molecule has 0 aromatic heterocycles. The van der Waals surface area contributed by atoms with E-state index in [4.69, 9.17) is 0 Å². The van der Waals surface area contributed by atoms with E-state index in [0.29, 0.717) is 5.56 Å². The van der Waals surface area contributed by atoms with Crippen LogP contribution in [0.2, 0.25) is 0 Å². The molecule has 0 saturated carbocycles. The number of nitrogens with one attached hydrogen (secondary N) is 1. The lowest BCUT2D eigenvalue weighted by atomic mass is 10.0. The van der Waals surface area contributed by atoms with Crippen molar-refractivity contribution >= 4 is 11.6 Å². The summed E-state index contributed by atoms with van der Waals surface area (Å²) in [5.74, 6) is 0.0720. The standard InChI is InChI=1S/C16H26N2O2/c1-5-18(6-2)14-9-7-13(8-10-14)16(20)17-15(11-19)12(3)4/h7-10,12,15,19H,5-6,11H2,1-4H3,(H,17,20). The van der Waals surface area contributed by atoms with Crippen molar-refractivity contribution in [1.82, 2.24) is 5.32 Å². The molecule has 0 aliphatic carbocycles. The number of rotatable bonds is 7. The molecule has 1 unspecified atom stereocenters. The third-order valence-corrected chi connectivity index (χ3v) is 3.58. The average Bonchev–Trinajstić information content (AvgIpc) is 2.46. The first-order valence-corrected chi connectivity index (χ1v) is 7.30. The van der Waals surface area contributed by atoms with Gasteiger partial charge in [0, 0.05) is 24.3 Å². The molecule has 4 heteroatoms. The van der Waals surface area contributed by atoms with Crippen molar-refractivity contribution in [2.45, 2.75) is 33.7 Å². The van der Waals surface area contributed by atoms with Crippen molar-refractivity contribution in [2.24, 2.45) is 5.92 Å². The summed E-state index contributed by atoms with van der Waals surface area (Å²) in [5, 5.41) is 12.1. The van der Waals surface area contributed by atoms with Crippen LogP contribution in [-0.2, 0) is 0 Å². The molecule has 1 aromatic carbocycles. The van der Waals surface area contributed by atoms with Gasteiger partial charge in [-0.25, -0.2) is 0 Å². The second-order valence-corrected chi connectivity index (χ2v) is 5.23. The number of carbonyl (C=O) groups excluding carboxylic acids is 1. The maximum absolute atomic E-state index is 12.1. The molecule has 1 rings (SSSR count). The van der Waals surface area contributed by atoms with Crippen molar-refractivity contribution in [3.63, 3.8) is 0 Å². The maximum atomic E-state index is 12.1. The van der Waals surface area contributed by atoms with Crippen molar-refractivity contribution in [3.8, 4) is 0 Å². The number of carbonyl (C=O) groups is 1. The van der Waals surface area contributed by atoms with Crippen molar-refractivity contribution in [3.05, 3.63) is 29.8 Å². The van der Waals surface area contributed by atoms with E-state index in [2.05, 4.69) is 24.1 Å². The highest BCUT2D eigenvalue weighted by Gasteiger charge is 2.16. The Labute approximate surface area is 121 Å². The molecule has 1 atom stereocenters. The number of benzene rings is 1. The molecular formula is C16H26N2O2. The van der Waals surface area contributed by atoms with E-state index in [0.717, 1.165) is 18.8 Å². The fourth-order valence-electron chi connectivity index (χ4n) is 2.09. The van der Waals surface area contributed by atoms with E-state index in [1.807, 2.05) is 38.1 Å². The Morgan fingerprint density at radius 3 is 2.15 bits per heavy atom. The Kier molecular flexibility index (Phi) is 6.52. The highest BCUT2D eigenvalue weighted by Crippen LogP contribution is 2.15. The fourth-order valence-corrected chi connectivity index (χ4v) is 2.09. The molecule has 0 heterocycles. The first kappa shape index (κ1) is 16.5. The maximum Gasteiger partial charge on any atom is 0.251 e. The Hall–Kier alpha value is -1.55. The quantitative estimate of drug-likeness (QED) is 0.804. The molecule has 20 heavy (non-hydrogen) atoms. The van der Waals surface area contributed by atoms with Gasteiger partial charge in [-0.2, -0.15) is 0 Å². The van der Waals surface area contributed by atoms with Crippen LogP contribution in [0.5, 0.6) is 0 Å². The number of nitrogens with zero attached hydrogens (tertiary/aromatic N) is 1. The van der Waals surface area contributed by atoms with Gasteiger partial charge in [0.15, 0.2) is 0 Å². The topological polar surface area (TPSA) is 52.6 Å². The van der Waals surface area contributed by atoms with Gasteiger partial charge in [-0.15, -0.1) is 0 Å². The lowest BCUT2D eigenvalue weighted by Crippen LogP contribution is -2.41. The van der Waals surface area contributed by atoms with Crippen LogP contribution in [0, 0.1) is 5.92 Å². The summed E-state index contributed by atoms with van der Waals surface area (Å²) in [6.07, 6.45) is 0. The van der Waals surface area contributed by atoms with Crippen LogP contribution >= 0.6 is 0 Å². The number of amides is 1. The Balaban J connectivity index is 2.75. The number of hydrogen-bond donors (Lipinski definition) is 2. The SMILES string of the molecule is CCN(CC)c1ccc(C(=O)NC(CO)C(C)C)cc1. The molecule has 0 aliphatic heterocycles. The summed E-state index contributed by atoms with van der Waals surface area (Å²) >= 11 is 0. The van der Waals surface area contributed by atoms with Crippen molar-refractivity contribution in [1.29, 1.82) is 0 Å². The zero-order valence-electron chi connectivity index (χ0n) is 12.9. The molecule has 4 nitrogen and oxygen atoms in total. The second kappa shape index (κ2) is 7.90. The molecule has 1 amide bonds. The van der Waals surface area contributed by atoms with E-state index < -0.39 is 0 Å². The molecular weight excluding hydrogens is 252 g/mol. The van der Waals surface area contributed by atoms with Gasteiger partial charge in [-0.3, -0.25) is 4.79 Å². The third-order valence-electron chi connectivity index (χ3n) is 3.58. The van der Waals surface area contributed by atoms with Crippen LogP contribution in [-0.4, -0.2) is 36.8 Å². The Morgan fingerprint density at radius 1 is 1.20 bits per heavy atom. The first-order valence-electron chi connectivity index (χ1n) is 7.30. The van der Waals surface area contributed by atoms with Gasteiger partial charge in [-0.1, -0.05) is 13.8 Å². The predicted octanol–water partition coefficient (Wildman–Crippen LogP) is 2.28. The molecule has 0 fully saturated rings. The lowest BCUT2D eigenvalue weighted by Gasteiger charge is -2.22. The van der Waals surface area contributed by atoms with Crippen LogP contribution in [0.1, 0.15) is 38.1 Å². The van der Waals surface area contributed by atoms with Crippen LogP contribution < -0.4 is 10.2 Å². The van der Waals surface area contributed by atoms with Crippen molar-refractivity contribution in [2.75, 3.05) is 24.6 Å². The molecule has 0 spiro atoms.